The maximum atomic E-state index is 13.1. The zero-order valence-corrected chi connectivity index (χ0v) is 17.1. The van der Waals surface area contributed by atoms with Crippen LogP contribution < -0.4 is 5.32 Å². The number of benzene rings is 1. The monoisotopic (exact) mass is 387 g/mol. The number of hydrogen-bond donors (Lipinski definition) is 1. The van der Waals surface area contributed by atoms with Crippen LogP contribution >= 0.6 is 0 Å². The topological polar surface area (TPSA) is 58.4 Å². The number of halogens is 1. The van der Waals surface area contributed by atoms with E-state index in [2.05, 4.69) is 43.1 Å². The van der Waals surface area contributed by atoms with Crippen LogP contribution in [0.15, 0.2) is 34.9 Å². The number of nitrogens with zero attached hydrogens (tertiary/aromatic N) is 2. The van der Waals surface area contributed by atoms with Gasteiger partial charge in [0.05, 0.1) is 12.6 Å². The highest BCUT2D eigenvalue weighted by atomic mass is 19.1. The third-order valence-corrected chi connectivity index (χ3v) is 5.05. The van der Waals surface area contributed by atoms with Gasteiger partial charge in [-0.05, 0) is 48.9 Å². The number of piperazine rings is 1. The molecule has 152 valence electrons. The van der Waals surface area contributed by atoms with E-state index in [0.717, 1.165) is 24.9 Å². The molecule has 0 spiro atoms. The molecule has 0 bridgehead atoms. The lowest BCUT2D eigenvalue weighted by Gasteiger charge is -2.40. The number of carbonyl (C=O) groups excluding carboxylic acids is 1. The number of amides is 1. The van der Waals surface area contributed by atoms with Crippen LogP contribution in [-0.4, -0.2) is 34.6 Å². The molecule has 1 aliphatic rings. The number of rotatable bonds is 7. The minimum atomic E-state index is -0.278. The number of nitrogens with one attached hydrogen (secondary N) is 1. The summed E-state index contributed by atoms with van der Waals surface area (Å²) in [5, 5.41) is 7.32. The Labute approximate surface area is 166 Å². The van der Waals surface area contributed by atoms with Crippen molar-refractivity contribution in [1.29, 1.82) is 0 Å². The van der Waals surface area contributed by atoms with Crippen molar-refractivity contribution in [3.05, 3.63) is 41.9 Å². The predicted molar refractivity (Wildman–Crippen MR) is 107 cm³/mol. The van der Waals surface area contributed by atoms with E-state index in [1.165, 1.54) is 12.1 Å². The lowest BCUT2D eigenvalue weighted by atomic mass is 9.95. The van der Waals surface area contributed by atoms with Crippen molar-refractivity contribution >= 4 is 5.91 Å². The second kappa shape index (κ2) is 8.86. The van der Waals surface area contributed by atoms with Crippen LogP contribution in [-0.2, 0) is 11.3 Å². The Morgan fingerprint density at radius 3 is 2.50 bits per heavy atom. The van der Waals surface area contributed by atoms with Crippen molar-refractivity contribution in [3.63, 3.8) is 0 Å². The minimum Gasteiger partial charge on any atom is -0.359 e. The number of aromatic nitrogens is 1. The van der Waals surface area contributed by atoms with Gasteiger partial charge in [-0.3, -0.25) is 9.69 Å². The summed E-state index contributed by atoms with van der Waals surface area (Å²) in [6.07, 6.45) is 1.76. The molecule has 1 saturated heterocycles. The molecule has 0 radical (unpaired) electrons. The van der Waals surface area contributed by atoms with Crippen LogP contribution in [0.2, 0.25) is 0 Å². The van der Waals surface area contributed by atoms with Gasteiger partial charge in [0.1, 0.15) is 11.5 Å². The van der Waals surface area contributed by atoms with Gasteiger partial charge in [-0.1, -0.05) is 32.9 Å². The fraction of sp³-hybridized carbons (Fsp3) is 0.545. The Balaban J connectivity index is 1.76. The maximum absolute atomic E-state index is 13.1. The Hall–Kier alpha value is -2.21. The normalized spacial score (nSPS) is 20.8. The molecule has 3 rings (SSSR count). The molecular formula is C22H30FN3O2. The van der Waals surface area contributed by atoms with Crippen molar-refractivity contribution in [2.45, 2.75) is 59.2 Å². The standard InChI is InChI=1S/C22H30FN3O2/c1-14(2)9-18-12-26(21(10-15(3)4)22(27)24-18)13-19-11-20(25-28-19)16-5-7-17(23)8-6-16/h5-8,11,14-15,18,21H,9-10,12-13H2,1-4H3,(H,24,27)/t18-,21-/m0/s1. The summed E-state index contributed by atoms with van der Waals surface area (Å²) in [5.74, 6) is 1.48. The van der Waals surface area contributed by atoms with Crippen molar-refractivity contribution in [3.8, 4) is 11.3 Å². The molecule has 28 heavy (non-hydrogen) atoms. The molecule has 1 amide bonds. The average Bonchev–Trinajstić information content (AvgIpc) is 3.06. The summed E-state index contributed by atoms with van der Waals surface area (Å²) in [7, 11) is 0. The Kier molecular flexibility index (Phi) is 6.50. The van der Waals surface area contributed by atoms with Gasteiger partial charge in [0, 0.05) is 24.2 Å². The van der Waals surface area contributed by atoms with Gasteiger partial charge in [-0.15, -0.1) is 0 Å². The van der Waals surface area contributed by atoms with E-state index < -0.39 is 0 Å². The van der Waals surface area contributed by atoms with E-state index in [4.69, 9.17) is 4.52 Å². The molecule has 1 aliphatic heterocycles. The molecule has 2 aromatic rings. The van der Waals surface area contributed by atoms with E-state index in [1.807, 2.05) is 6.07 Å². The predicted octanol–water partition coefficient (Wildman–Crippen LogP) is 4.24. The summed E-state index contributed by atoms with van der Waals surface area (Å²) in [4.78, 5) is 15.0. The molecular weight excluding hydrogens is 357 g/mol. The van der Waals surface area contributed by atoms with Crippen LogP contribution in [0.5, 0.6) is 0 Å². The quantitative estimate of drug-likeness (QED) is 0.772. The first-order valence-electron chi connectivity index (χ1n) is 10.1. The Bertz CT molecular complexity index is 785. The molecule has 5 nitrogen and oxygen atoms in total. The molecule has 1 fully saturated rings. The summed E-state index contributed by atoms with van der Waals surface area (Å²) in [5.41, 5.74) is 1.49. The zero-order chi connectivity index (χ0) is 20.3. The largest absolute Gasteiger partial charge is 0.359 e. The van der Waals surface area contributed by atoms with E-state index in [9.17, 15) is 9.18 Å². The molecule has 1 N–H and O–H groups in total. The van der Waals surface area contributed by atoms with Crippen molar-refractivity contribution in [2.75, 3.05) is 6.54 Å². The molecule has 1 aromatic heterocycles. The van der Waals surface area contributed by atoms with Crippen molar-refractivity contribution < 1.29 is 13.7 Å². The molecule has 0 aliphatic carbocycles. The van der Waals surface area contributed by atoms with Gasteiger partial charge in [0.2, 0.25) is 5.91 Å². The van der Waals surface area contributed by atoms with Crippen molar-refractivity contribution in [2.24, 2.45) is 11.8 Å². The fourth-order valence-corrected chi connectivity index (χ4v) is 3.84. The van der Waals surface area contributed by atoms with Gasteiger partial charge in [-0.2, -0.15) is 0 Å². The van der Waals surface area contributed by atoms with Crippen LogP contribution in [0.1, 0.15) is 46.3 Å². The summed E-state index contributed by atoms with van der Waals surface area (Å²) < 4.78 is 18.7. The first kappa shape index (κ1) is 20.5. The van der Waals surface area contributed by atoms with E-state index in [1.54, 1.807) is 12.1 Å². The highest BCUT2D eigenvalue weighted by Crippen LogP contribution is 2.24. The zero-order valence-electron chi connectivity index (χ0n) is 17.1. The molecule has 0 saturated carbocycles. The van der Waals surface area contributed by atoms with Crippen molar-refractivity contribution in [1.82, 2.24) is 15.4 Å². The highest BCUT2D eigenvalue weighted by Gasteiger charge is 2.35. The summed E-state index contributed by atoms with van der Waals surface area (Å²) in [6, 6.07) is 8.06. The van der Waals surface area contributed by atoms with Crippen LogP contribution in [0.4, 0.5) is 4.39 Å². The maximum Gasteiger partial charge on any atom is 0.237 e. The molecule has 2 heterocycles. The molecule has 0 unspecified atom stereocenters. The summed E-state index contributed by atoms with van der Waals surface area (Å²) >= 11 is 0. The first-order valence-corrected chi connectivity index (χ1v) is 10.1. The van der Waals surface area contributed by atoms with Gasteiger partial charge >= 0.3 is 0 Å². The average molecular weight is 387 g/mol. The molecule has 6 heteroatoms. The third kappa shape index (κ3) is 5.19. The molecule has 1 aromatic carbocycles. The second-order valence-electron chi connectivity index (χ2n) is 8.60. The minimum absolute atomic E-state index is 0.101. The fourth-order valence-electron chi connectivity index (χ4n) is 3.84. The Morgan fingerprint density at radius 2 is 1.86 bits per heavy atom. The highest BCUT2D eigenvalue weighted by molar-refractivity contribution is 5.82. The smallest absolute Gasteiger partial charge is 0.237 e. The second-order valence-corrected chi connectivity index (χ2v) is 8.60. The van der Waals surface area contributed by atoms with Gasteiger partial charge in [0.15, 0.2) is 5.76 Å². The van der Waals surface area contributed by atoms with E-state index >= 15 is 0 Å². The van der Waals surface area contributed by atoms with Gasteiger partial charge < -0.3 is 9.84 Å². The summed E-state index contributed by atoms with van der Waals surface area (Å²) in [6.45, 7) is 9.94. The lowest BCUT2D eigenvalue weighted by molar-refractivity contribution is -0.132. The third-order valence-electron chi connectivity index (χ3n) is 5.05. The van der Waals surface area contributed by atoms with E-state index in [-0.39, 0.29) is 23.8 Å². The SMILES string of the molecule is CC(C)C[C@H]1CN(Cc2cc(-c3ccc(F)cc3)no2)[C@@H](CC(C)C)C(=O)N1. The number of hydrogen-bond acceptors (Lipinski definition) is 4. The van der Waals surface area contributed by atoms with Gasteiger partial charge in [0.25, 0.3) is 0 Å². The van der Waals surface area contributed by atoms with Crippen LogP contribution in [0, 0.1) is 17.7 Å². The number of carbonyl (C=O) groups is 1. The molecule has 2 atom stereocenters. The van der Waals surface area contributed by atoms with Crippen LogP contribution in [0.25, 0.3) is 11.3 Å². The van der Waals surface area contributed by atoms with E-state index in [0.29, 0.717) is 29.8 Å². The lowest BCUT2D eigenvalue weighted by Crippen LogP contribution is -2.60. The van der Waals surface area contributed by atoms with Crippen LogP contribution in [0.3, 0.4) is 0 Å². The van der Waals surface area contributed by atoms with Gasteiger partial charge in [-0.25, -0.2) is 4.39 Å². The first-order chi connectivity index (χ1) is 13.3. The Morgan fingerprint density at radius 1 is 1.18 bits per heavy atom.